The van der Waals surface area contributed by atoms with E-state index in [9.17, 15) is 24.0 Å². The van der Waals surface area contributed by atoms with Gasteiger partial charge in [-0.25, -0.2) is 0 Å². The van der Waals surface area contributed by atoms with Crippen molar-refractivity contribution in [3.05, 3.63) is 59.2 Å². The van der Waals surface area contributed by atoms with Gasteiger partial charge in [-0.05, 0) is 79.0 Å². The van der Waals surface area contributed by atoms with Gasteiger partial charge < -0.3 is 16.0 Å². The third-order valence-corrected chi connectivity index (χ3v) is 9.60. The predicted octanol–water partition coefficient (Wildman–Crippen LogP) is 5.51. The van der Waals surface area contributed by atoms with Crippen LogP contribution in [0.3, 0.4) is 0 Å². The summed E-state index contributed by atoms with van der Waals surface area (Å²) >= 11 is 0. The van der Waals surface area contributed by atoms with Crippen LogP contribution in [-0.4, -0.2) is 59.6 Å². The Morgan fingerprint density at radius 1 is 0.783 bits per heavy atom. The van der Waals surface area contributed by atoms with Crippen molar-refractivity contribution in [1.82, 2.24) is 15.5 Å². The van der Waals surface area contributed by atoms with Gasteiger partial charge in [0.25, 0.3) is 17.7 Å². The average molecular weight is 630 g/mol. The quantitative estimate of drug-likeness (QED) is 0.160. The van der Waals surface area contributed by atoms with Crippen molar-refractivity contribution in [2.24, 2.45) is 10.8 Å². The Morgan fingerprint density at radius 3 is 1.96 bits per heavy atom. The molecule has 10 heteroatoms. The number of amides is 5. The van der Waals surface area contributed by atoms with Gasteiger partial charge in [-0.2, -0.15) is 0 Å². The Bertz CT molecular complexity index is 1480. The molecular formula is C36H47N5O5. The van der Waals surface area contributed by atoms with Gasteiger partial charge in [0.1, 0.15) is 6.04 Å². The van der Waals surface area contributed by atoms with Crippen LogP contribution in [0.15, 0.2) is 42.5 Å². The van der Waals surface area contributed by atoms with E-state index < -0.39 is 23.8 Å². The zero-order valence-corrected chi connectivity index (χ0v) is 27.5. The largest absolute Gasteiger partial charge is 0.385 e. The number of nitrogens with zero attached hydrogens (tertiary/aromatic N) is 1. The fourth-order valence-electron chi connectivity index (χ4n) is 7.65. The zero-order valence-electron chi connectivity index (χ0n) is 27.5. The van der Waals surface area contributed by atoms with E-state index in [0.717, 1.165) is 74.3 Å². The fourth-order valence-corrected chi connectivity index (χ4v) is 7.65. The molecule has 246 valence electrons. The van der Waals surface area contributed by atoms with Crippen LogP contribution in [-0.2, 0) is 9.59 Å². The minimum absolute atomic E-state index is 0.00941. The summed E-state index contributed by atoms with van der Waals surface area (Å²) in [6.45, 7) is 10.5. The third kappa shape index (κ3) is 7.26. The van der Waals surface area contributed by atoms with Gasteiger partial charge in [-0.1, -0.05) is 53.4 Å². The number of fused-ring (bicyclic) bond motifs is 1. The molecule has 2 aromatic rings. The highest BCUT2D eigenvalue weighted by atomic mass is 16.2. The van der Waals surface area contributed by atoms with Crippen LogP contribution in [0, 0.1) is 10.8 Å². The molecule has 46 heavy (non-hydrogen) atoms. The van der Waals surface area contributed by atoms with Crippen LogP contribution < -0.4 is 21.3 Å². The van der Waals surface area contributed by atoms with Crippen molar-refractivity contribution in [2.75, 3.05) is 23.7 Å². The lowest BCUT2D eigenvalue weighted by molar-refractivity contribution is -0.136. The summed E-state index contributed by atoms with van der Waals surface area (Å²) in [5.74, 6) is -2.00. The molecule has 0 spiro atoms. The van der Waals surface area contributed by atoms with Crippen molar-refractivity contribution >= 4 is 40.9 Å². The molecule has 5 rings (SSSR count). The second-order valence-corrected chi connectivity index (χ2v) is 14.3. The topological polar surface area (TPSA) is 137 Å². The number of hydrogen-bond acceptors (Lipinski definition) is 7. The maximum absolute atomic E-state index is 13.0. The summed E-state index contributed by atoms with van der Waals surface area (Å²) in [5.41, 5.74) is 3.29. The monoisotopic (exact) mass is 629 g/mol. The van der Waals surface area contributed by atoms with E-state index >= 15 is 0 Å². The number of benzene rings is 2. The molecule has 5 amide bonds. The Hall–Kier alpha value is -4.21. The average Bonchev–Trinajstić information content (AvgIpc) is 3.25. The summed E-state index contributed by atoms with van der Waals surface area (Å²) in [6, 6.07) is 12.0. The standard InChI is InChI=1S/C36H47N5O5/c1-35(2)22-36(3,4)34(35)40-30(43)23-11-13-24(14-12-23)37-19-9-7-5-6-8-10-20-38-25-15-16-26-27(21-25)33(46)41(32(26)45)28-17-18-29(42)39-31(28)44/h11-16,21,28,34,37-38H,5-10,17-20,22H2,1-4H3,(H,40,43)(H,39,42,44). The summed E-state index contributed by atoms with van der Waals surface area (Å²) in [7, 11) is 0. The number of carbonyl (C=O) groups is 5. The van der Waals surface area contributed by atoms with Gasteiger partial charge in [0.2, 0.25) is 11.8 Å². The SMILES string of the molecule is CC1(C)CC(C)(C)C1NC(=O)c1ccc(NCCCCCCCCNc2ccc3c(c2)C(=O)N(C2CCC(=O)NC2=O)C3=O)cc1. The number of anilines is 2. The summed E-state index contributed by atoms with van der Waals surface area (Å²) < 4.78 is 0. The van der Waals surface area contributed by atoms with Crippen LogP contribution in [0.25, 0.3) is 0 Å². The normalized spacial score (nSPS) is 20.2. The van der Waals surface area contributed by atoms with Crippen LogP contribution in [0.5, 0.6) is 0 Å². The van der Waals surface area contributed by atoms with Crippen LogP contribution in [0.4, 0.5) is 11.4 Å². The second-order valence-electron chi connectivity index (χ2n) is 14.3. The Kier molecular flexibility index (Phi) is 9.84. The summed E-state index contributed by atoms with van der Waals surface area (Å²) in [4.78, 5) is 63.4. The first-order chi connectivity index (χ1) is 21.9. The lowest BCUT2D eigenvalue weighted by atomic mass is 9.52. The molecule has 2 heterocycles. The van der Waals surface area contributed by atoms with Crippen molar-refractivity contribution in [3.8, 4) is 0 Å². The van der Waals surface area contributed by atoms with Gasteiger partial charge in [0.05, 0.1) is 11.1 Å². The molecule has 10 nitrogen and oxygen atoms in total. The lowest BCUT2D eigenvalue weighted by Crippen LogP contribution is -2.63. The maximum Gasteiger partial charge on any atom is 0.262 e. The minimum Gasteiger partial charge on any atom is -0.385 e. The molecule has 1 saturated carbocycles. The van der Waals surface area contributed by atoms with Crippen molar-refractivity contribution in [2.45, 2.75) is 97.6 Å². The van der Waals surface area contributed by atoms with E-state index in [1.54, 1.807) is 18.2 Å². The first kappa shape index (κ1) is 33.2. The number of hydrogen-bond donors (Lipinski definition) is 4. The number of nitrogens with one attached hydrogen (secondary N) is 4. The fraction of sp³-hybridized carbons (Fsp3) is 0.528. The number of carbonyl (C=O) groups excluding carboxylic acids is 5. The molecule has 0 bridgehead atoms. The van der Waals surface area contributed by atoms with Crippen LogP contribution in [0.2, 0.25) is 0 Å². The van der Waals surface area contributed by atoms with E-state index in [1.165, 1.54) is 0 Å². The van der Waals surface area contributed by atoms with Crippen molar-refractivity contribution in [3.63, 3.8) is 0 Å². The van der Waals surface area contributed by atoms with E-state index in [-0.39, 0.29) is 52.7 Å². The molecule has 0 aromatic heterocycles. The molecular weight excluding hydrogens is 582 g/mol. The first-order valence-corrected chi connectivity index (χ1v) is 16.6. The van der Waals surface area contributed by atoms with E-state index in [0.29, 0.717) is 5.56 Å². The first-order valence-electron chi connectivity index (χ1n) is 16.6. The Labute approximate surface area is 271 Å². The van der Waals surface area contributed by atoms with E-state index in [4.69, 9.17) is 0 Å². The lowest BCUT2D eigenvalue weighted by Gasteiger charge is -2.57. The molecule has 1 aliphatic carbocycles. The molecule has 1 unspecified atom stereocenters. The Morgan fingerprint density at radius 2 is 1.35 bits per heavy atom. The molecule has 2 aromatic carbocycles. The number of unbranched alkanes of at least 4 members (excludes halogenated alkanes) is 5. The van der Waals surface area contributed by atoms with Gasteiger partial charge in [0, 0.05) is 42.5 Å². The summed E-state index contributed by atoms with van der Waals surface area (Å²) in [5, 5.41) is 12.3. The van der Waals surface area contributed by atoms with Gasteiger partial charge in [-0.3, -0.25) is 34.2 Å². The molecule has 0 radical (unpaired) electrons. The Balaban J connectivity index is 0.938. The van der Waals surface area contributed by atoms with E-state index in [1.807, 2.05) is 24.3 Å². The molecule has 2 fully saturated rings. The molecule has 1 saturated heterocycles. The number of piperidine rings is 1. The molecule has 4 N–H and O–H groups in total. The minimum atomic E-state index is -0.958. The smallest absolute Gasteiger partial charge is 0.262 e. The highest BCUT2D eigenvalue weighted by Gasteiger charge is 2.53. The molecule has 2 aliphatic heterocycles. The van der Waals surface area contributed by atoms with Gasteiger partial charge in [-0.15, -0.1) is 0 Å². The number of imide groups is 2. The van der Waals surface area contributed by atoms with Gasteiger partial charge >= 0.3 is 0 Å². The predicted molar refractivity (Wildman–Crippen MR) is 178 cm³/mol. The second kappa shape index (κ2) is 13.6. The third-order valence-electron chi connectivity index (χ3n) is 9.60. The molecule has 1 atom stereocenters. The van der Waals surface area contributed by atoms with Crippen molar-refractivity contribution < 1.29 is 24.0 Å². The van der Waals surface area contributed by atoms with Crippen LogP contribution >= 0.6 is 0 Å². The zero-order chi connectivity index (χ0) is 33.1. The highest BCUT2D eigenvalue weighted by Crippen LogP contribution is 2.53. The van der Waals surface area contributed by atoms with Crippen LogP contribution in [0.1, 0.15) is 117 Å². The van der Waals surface area contributed by atoms with Crippen molar-refractivity contribution in [1.29, 1.82) is 0 Å². The summed E-state index contributed by atoms with van der Waals surface area (Å²) in [6.07, 6.45) is 7.92. The molecule has 3 aliphatic rings. The number of rotatable bonds is 14. The van der Waals surface area contributed by atoms with E-state index in [2.05, 4.69) is 49.0 Å². The van der Waals surface area contributed by atoms with Gasteiger partial charge in [0.15, 0.2) is 0 Å². The maximum atomic E-state index is 13.0. The highest BCUT2D eigenvalue weighted by molar-refractivity contribution is 6.23.